The number of hydrazine groups is 1. The van der Waals surface area contributed by atoms with Crippen LogP contribution in [-0.4, -0.2) is 30.1 Å². The number of hydrogen-bond acceptors (Lipinski definition) is 5. The summed E-state index contributed by atoms with van der Waals surface area (Å²) in [4.78, 5) is 36.8. The standard InChI is InChI=1S/C18H18N2O4S/c1-12(24-18(23)14-8-10-15(25-2)11-9-14)16(21)19-20-17(22)13-6-4-3-5-7-13/h3-12H,1-2H3,(H,19,21)(H,20,22)/t12-/m1/s1. The molecule has 2 aromatic rings. The Morgan fingerprint density at radius 3 is 2.16 bits per heavy atom. The van der Waals surface area contributed by atoms with E-state index in [1.807, 2.05) is 6.26 Å². The maximum Gasteiger partial charge on any atom is 0.338 e. The first kappa shape index (κ1) is 18.5. The maximum atomic E-state index is 12.0. The SMILES string of the molecule is CSc1ccc(C(=O)O[C@H](C)C(=O)NNC(=O)c2ccccc2)cc1. The van der Waals surface area contributed by atoms with Crippen LogP contribution in [0.4, 0.5) is 0 Å². The molecule has 0 unspecified atom stereocenters. The number of nitrogens with one attached hydrogen (secondary N) is 2. The number of carbonyl (C=O) groups is 3. The van der Waals surface area contributed by atoms with Gasteiger partial charge in [0.25, 0.3) is 11.8 Å². The van der Waals surface area contributed by atoms with E-state index in [1.54, 1.807) is 66.4 Å². The van der Waals surface area contributed by atoms with Gasteiger partial charge in [0.15, 0.2) is 6.10 Å². The molecule has 0 radical (unpaired) electrons. The summed E-state index contributed by atoms with van der Waals surface area (Å²) >= 11 is 1.56. The summed E-state index contributed by atoms with van der Waals surface area (Å²) in [6.07, 6.45) is 0.882. The molecule has 0 heterocycles. The second kappa shape index (κ2) is 8.89. The molecule has 0 spiro atoms. The first-order chi connectivity index (χ1) is 12.0. The average Bonchev–Trinajstić information content (AvgIpc) is 2.66. The van der Waals surface area contributed by atoms with Gasteiger partial charge in [0.2, 0.25) is 0 Å². The average molecular weight is 358 g/mol. The fraction of sp³-hybridized carbons (Fsp3) is 0.167. The lowest BCUT2D eigenvalue weighted by Gasteiger charge is -2.14. The molecule has 7 heteroatoms. The summed E-state index contributed by atoms with van der Waals surface area (Å²) < 4.78 is 5.10. The smallest absolute Gasteiger partial charge is 0.338 e. The number of thioether (sulfide) groups is 1. The van der Waals surface area contributed by atoms with Gasteiger partial charge in [0.1, 0.15) is 0 Å². The molecule has 2 aromatic carbocycles. The Morgan fingerprint density at radius 1 is 0.920 bits per heavy atom. The maximum absolute atomic E-state index is 12.0. The zero-order chi connectivity index (χ0) is 18.2. The third kappa shape index (κ3) is 5.36. The number of ether oxygens (including phenoxy) is 1. The number of rotatable bonds is 5. The predicted molar refractivity (Wildman–Crippen MR) is 95.2 cm³/mol. The molecule has 2 rings (SSSR count). The van der Waals surface area contributed by atoms with Gasteiger partial charge < -0.3 is 4.74 Å². The predicted octanol–water partition coefficient (Wildman–Crippen LogP) is 2.42. The molecule has 0 aliphatic carbocycles. The molecule has 0 fully saturated rings. The highest BCUT2D eigenvalue weighted by Crippen LogP contribution is 2.15. The quantitative estimate of drug-likeness (QED) is 0.487. The number of amides is 2. The van der Waals surface area contributed by atoms with Gasteiger partial charge in [0, 0.05) is 10.5 Å². The summed E-state index contributed by atoms with van der Waals surface area (Å²) in [5.74, 6) is -1.69. The van der Waals surface area contributed by atoms with Gasteiger partial charge in [-0.2, -0.15) is 0 Å². The van der Waals surface area contributed by atoms with Crippen LogP contribution >= 0.6 is 11.8 Å². The monoisotopic (exact) mass is 358 g/mol. The number of benzene rings is 2. The summed E-state index contributed by atoms with van der Waals surface area (Å²) in [6.45, 7) is 1.43. The van der Waals surface area contributed by atoms with Crippen LogP contribution in [0.2, 0.25) is 0 Å². The Hall–Kier alpha value is -2.80. The van der Waals surface area contributed by atoms with Gasteiger partial charge >= 0.3 is 5.97 Å². The van der Waals surface area contributed by atoms with E-state index < -0.39 is 23.9 Å². The summed E-state index contributed by atoms with van der Waals surface area (Å²) in [5, 5.41) is 0. The Balaban J connectivity index is 1.84. The molecular weight excluding hydrogens is 340 g/mol. The largest absolute Gasteiger partial charge is 0.449 e. The van der Waals surface area contributed by atoms with Crippen molar-refractivity contribution in [1.29, 1.82) is 0 Å². The lowest BCUT2D eigenvalue weighted by atomic mass is 10.2. The van der Waals surface area contributed by atoms with Crippen LogP contribution in [-0.2, 0) is 9.53 Å². The van der Waals surface area contributed by atoms with Gasteiger partial charge in [-0.1, -0.05) is 18.2 Å². The van der Waals surface area contributed by atoms with Gasteiger partial charge in [-0.3, -0.25) is 20.4 Å². The van der Waals surface area contributed by atoms with Crippen LogP contribution in [0.1, 0.15) is 27.6 Å². The van der Waals surface area contributed by atoms with E-state index in [2.05, 4.69) is 10.9 Å². The van der Waals surface area contributed by atoms with Crippen LogP contribution in [0, 0.1) is 0 Å². The molecular formula is C18H18N2O4S. The van der Waals surface area contributed by atoms with Crippen LogP contribution in [0.25, 0.3) is 0 Å². The van der Waals surface area contributed by atoms with E-state index in [4.69, 9.17) is 4.74 Å². The summed E-state index contributed by atoms with van der Waals surface area (Å²) in [7, 11) is 0. The topological polar surface area (TPSA) is 84.5 Å². The third-order valence-corrected chi connectivity index (χ3v) is 4.06. The Bertz CT molecular complexity index is 747. The minimum Gasteiger partial charge on any atom is -0.449 e. The lowest BCUT2D eigenvalue weighted by molar-refractivity contribution is -0.129. The highest BCUT2D eigenvalue weighted by molar-refractivity contribution is 7.98. The molecule has 2 N–H and O–H groups in total. The second-order valence-corrected chi connectivity index (χ2v) is 5.97. The fourth-order valence-corrected chi connectivity index (χ4v) is 2.30. The molecule has 0 aliphatic heterocycles. The Kier molecular flexibility index (Phi) is 6.59. The molecule has 1 atom stereocenters. The van der Waals surface area contributed by atoms with Crippen molar-refractivity contribution in [1.82, 2.24) is 10.9 Å². The van der Waals surface area contributed by atoms with Gasteiger partial charge in [0.05, 0.1) is 5.56 Å². The van der Waals surface area contributed by atoms with Crippen LogP contribution in [0.5, 0.6) is 0 Å². The van der Waals surface area contributed by atoms with E-state index in [0.29, 0.717) is 11.1 Å². The molecule has 2 amide bonds. The molecule has 130 valence electrons. The van der Waals surface area contributed by atoms with Gasteiger partial charge in [-0.05, 0) is 49.6 Å². The van der Waals surface area contributed by atoms with Crippen molar-refractivity contribution in [3.63, 3.8) is 0 Å². The van der Waals surface area contributed by atoms with E-state index >= 15 is 0 Å². The molecule has 0 bridgehead atoms. The summed E-state index contributed by atoms with van der Waals surface area (Å²) in [5.41, 5.74) is 5.27. The van der Waals surface area contributed by atoms with Gasteiger partial charge in [-0.25, -0.2) is 4.79 Å². The fourth-order valence-electron chi connectivity index (χ4n) is 1.89. The normalized spacial score (nSPS) is 11.3. The minimum absolute atomic E-state index is 0.353. The Morgan fingerprint density at radius 2 is 1.56 bits per heavy atom. The van der Waals surface area contributed by atoms with E-state index in [1.165, 1.54) is 6.92 Å². The third-order valence-electron chi connectivity index (χ3n) is 3.31. The van der Waals surface area contributed by atoms with Crippen LogP contribution < -0.4 is 10.9 Å². The van der Waals surface area contributed by atoms with E-state index in [0.717, 1.165) is 4.90 Å². The van der Waals surface area contributed by atoms with Crippen molar-refractivity contribution in [3.05, 3.63) is 65.7 Å². The first-order valence-electron chi connectivity index (χ1n) is 7.51. The van der Waals surface area contributed by atoms with Crippen molar-refractivity contribution >= 4 is 29.5 Å². The lowest BCUT2D eigenvalue weighted by Crippen LogP contribution is -2.46. The molecule has 0 saturated carbocycles. The van der Waals surface area contributed by atoms with Crippen molar-refractivity contribution in [3.8, 4) is 0 Å². The molecule has 0 aliphatic rings. The molecule has 25 heavy (non-hydrogen) atoms. The molecule has 0 saturated heterocycles. The van der Waals surface area contributed by atoms with Gasteiger partial charge in [-0.15, -0.1) is 11.8 Å². The molecule has 6 nitrogen and oxygen atoms in total. The number of esters is 1. The number of carbonyl (C=O) groups excluding carboxylic acids is 3. The second-order valence-electron chi connectivity index (χ2n) is 5.09. The van der Waals surface area contributed by atoms with E-state index in [-0.39, 0.29) is 0 Å². The highest BCUT2D eigenvalue weighted by atomic mass is 32.2. The number of hydrogen-bond donors (Lipinski definition) is 2. The van der Waals surface area contributed by atoms with Crippen LogP contribution in [0.3, 0.4) is 0 Å². The van der Waals surface area contributed by atoms with Crippen molar-refractivity contribution in [2.24, 2.45) is 0 Å². The zero-order valence-corrected chi connectivity index (χ0v) is 14.6. The minimum atomic E-state index is -1.05. The van der Waals surface area contributed by atoms with Crippen molar-refractivity contribution in [2.75, 3.05) is 6.26 Å². The highest BCUT2D eigenvalue weighted by Gasteiger charge is 2.19. The zero-order valence-electron chi connectivity index (χ0n) is 13.8. The Labute approximate surface area is 149 Å². The van der Waals surface area contributed by atoms with Crippen LogP contribution in [0.15, 0.2) is 59.5 Å². The van der Waals surface area contributed by atoms with E-state index in [9.17, 15) is 14.4 Å². The first-order valence-corrected chi connectivity index (χ1v) is 8.74. The van der Waals surface area contributed by atoms with Crippen molar-refractivity contribution in [2.45, 2.75) is 17.9 Å². The summed E-state index contributed by atoms with van der Waals surface area (Å²) in [6, 6.07) is 15.3. The molecule has 0 aromatic heterocycles. The van der Waals surface area contributed by atoms with Crippen molar-refractivity contribution < 1.29 is 19.1 Å².